The number of fused-ring (bicyclic) bond motifs is 2. The van der Waals surface area contributed by atoms with Crippen molar-refractivity contribution in [3.63, 3.8) is 0 Å². The molecule has 0 bridgehead atoms. The second-order valence-electron chi connectivity index (χ2n) is 7.39. The Bertz CT molecular complexity index is 1190. The van der Waals surface area contributed by atoms with E-state index in [9.17, 15) is 4.79 Å². The molecule has 4 aromatic rings. The lowest BCUT2D eigenvalue weighted by Gasteiger charge is -2.24. The SMILES string of the molecule is CC.CCCCCN(CCC)c1ccc2nc(-c3c(N)c4ccsc4[nH]c3=O)[nH]c2c1. The number of thiophene rings is 1. The van der Waals surface area contributed by atoms with Crippen LogP contribution in [0.15, 0.2) is 34.4 Å². The van der Waals surface area contributed by atoms with E-state index in [-0.39, 0.29) is 5.56 Å². The summed E-state index contributed by atoms with van der Waals surface area (Å²) in [7, 11) is 0. The summed E-state index contributed by atoms with van der Waals surface area (Å²) in [4.78, 5) is 26.7. The third kappa shape index (κ3) is 4.77. The van der Waals surface area contributed by atoms with Crippen LogP contribution in [0.1, 0.15) is 53.4 Å². The third-order valence-electron chi connectivity index (χ3n) is 5.27. The number of nitrogens with zero attached hydrogens (tertiary/aromatic N) is 2. The van der Waals surface area contributed by atoms with Crippen LogP contribution < -0.4 is 16.2 Å². The average molecular weight is 440 g/mol. The molecule has 166 valence electrons. The van der Waals surface area contributed by atoms with Crippen molar-refractivity contribution >= 4 is 44.0 Å². The zero-order valence-electron chi connectivity index (χ0n) is 18.9. The fraction of sp³-hybridized carbons (Fsp3) is 0.417. The van der Waals surface area contributed by atoms with Crippen molar-refractivity contribution < 1.29 is 0 Å². The van der Waals surface area contributed by atoms with Gasteiger partial charge in [-0.1, -0.05) is 40.5 Å². The average Bonchev–Trinajstić information content (AvgIpc) is 3.41. The molecule has 0 aliphatic carbocycles. The molecule has 0 amide bonds. The Hall–Kier alpha value is -2.80. The summed E-state index contributed by atoms with van der Waals surface area (Å²) in [5, 5.41) is 2.78. The second-order valence-corrected chi connectivity index (χ2v) is 8.30. The van der Waals surface area contributed by atoms with Gasteiger partial charge in [-0.25, -0.2) is 4.98 Å². The molecule has 0 radical (unpaired) electrons. The molecule has 0 unspecified atom stereocenters. The Morgan fingerprint density at radius 3 is 2.61 bits per heavy atom. The first-order valence-corrected chi connectivity index (χ1v) is 12.1. The molecule has 0 atom stereocenters. The number of nitrogen functional groups attached to an aromatic ring is 1. The number of nitrogens with one attached hydrogen (secondary N) is 2. The Kier molecular flexibility index (Phi) is 7.74. The lowest BCUT2D eigenvalue weighted by atomic mass is 10.2. The molecule has 0 aliphatic heterocycles. The molecule has 4 N–H and O–H groups in total. The topological polar surface area (TPSA) is 90.8 Å². The molecule has 0 saturated carbocycles. The quantitative estimate of drug-likeness (QED) is 0.287. The summed E-state index contributed by atoms with van der Waals surface area (Å²) in [6.45, 7) is 10.5. The van der Waals surface area contributed by atoms with Gasteiger partial charge in [-0.15, -0.1) is 11.3 Å². The van der Waals surface area contributed by atoms with E-state index < -0.39 is 0 Å². The molecule has 0 aliphatic rings. The number of unbranched alkanes of at least 4 members (excludes halogenated alkanes) is 2. The number of rotatable bonds is 8. The number of benzene rings is 1. The Balaban J connectivity index is 0.00000132. The first-order valence-electron chi connectivity index (χ1n) is 11.3. The number of imidazole rings is 1. The molecule has 1 aromatic carbocycles. The maximum absolute atomic E-state index is 12.6. The van der Waals surface area contributed by atoms with Crippen LogP contribution in [-0.2, 0) is 0 Å². The molecule has 0 fully saturated rings. The van der Waals surface area contributed by atoms with Crippen molar-refractivity contribution in [3.8, 4) is 11.4 Å². The highest BCUT2D eigenvalue weighted by Crippen LogP contribution is 2.31. The van der Waals surface area contributed by atoms with Gasteiger partial charge in [-0.05, 0) is 42.5 Å². The Labute approximate surface area is 187 Å². The van der Waals surface area contributed by atoms with Gasteiger partial charge in [0.2, 0.25) is 0 Å². The van der Waals surface area contributed by atoms with Gasteiger partial charge >= 0.3 is 0 Å². The van der Waals surface area contributed by atoms with Crippen LogP contribution in [0.3, 0.4) is 0 Å². The highest BCUT2D eigenvalue weighted by Gasteiger charge is 2.17. The number of aromatic nitrogens is 3. The van der Waals surface area contributed by atoms with E-state index in [1.54, 1.807) is 0 Å². The summed E-state index contributed by atoms with van der Waals surface area (Å²) >= 11 is 1.47. The number of anilines is 2. The van der Waals surface area contributed by atoms with Crippen molar-refractivity contribution in [1.82, 2.24) is 15.0 Å². The minimum atomic E-state index is -0.219. The molecular formula is C24H33N5OS. The van der Waals surface area contributed by atoms with Gasteiger partial charge in [0.1, 0.15) is 16.2 Å². The van der Waals surface area contributed by atoms with E-state index in [1.807, 2.05) is 31.4 Å². The van der Waals surface area contributed by atoms with E-state index >= 15 is 0 Å². The minimum Gasteiger partial charge on any atom is -0.397 e. The van der Waals surface area contributed by atoms with E-state index in [0.717, 1.165) is 40.8 Å². The summed E-state index contributed by atoms with van der Waals surface area (Å²) in [5.41, 5.74) is 9.91. The van der Waals surface area contributed by atoms with Crippen molar-refractivity contribution in [2.24, 2.45) is 0 Å². The molecule has 7 heteroatoms. The zero-order valence-corrected chi connectivity index (χ0v) is 19.7. The predicted octanol–water partition coefficient (Wildman–Crippen LogP) is 6.15. The number of pyridine rings is 1. The normalized spacial score (nSPS) is 11.0. The lowest BCUT2D eigenvalue weighted by Crippen LogP contribution is -2.25. The highest BCUT2D eigenvalue weighted by atomic mass is 32.1. The van der Waals surface area contributed by atoms with Gasteiger partial charge < -0.3 is 20.6 Å². The first-order chi connectivity index (χ1) is 15.1. The summed E-state index contributed by atoms with van der Waals surface area (Å²) < 4.78 is 0. The number of H-pyrrole nitrogens is 2. The third-order valence-corrected chi connectivity index (χ3v) is 6.10. The Morgan fingerprint density at radius 1 is 1.06 bits per heavy atom. The molecule has 31 heavy (non-hydrogen) atoms. The molecule has 4 rings (SSSR count). The molecule has 0 spiro atoms. The lowest BCUT2D eigenvalue weighted by molar-refractivity contribution is 0.669. The fourth-order valence-corrected chi connectivity index (χ4v) is 4.58. The standard InChI is InChI=1S/C22H27N5OS.C2H6/c1-3-5-6-11-27(10-4-2)14-7-8-16-17(13-14)25-20(24-16)18-19(23)15-9-12-29-22(15)26-21(18)28;1-2/h7-9,12-13H,3-6,10-11H2,1-2H3,(H,24,25)(H3,23,26,28);1-2H3. The number of aromatic amines is 2. The van der Waals surface area contributed by atoms with Crippen molar-refractivity contribution in [2.75, 3.05) is 23.7 Å². The van der Waals surface area contributed by atoms with Crippen LogP contribution in [0.25, 0.3) is 32.6 Å². The van der Waals surface area contributed by atoms with E-state index in [2.05, 4.69) is 45.8 Å². The van der Waals surface area contributed by atoms with Gasteiger partial charge in [0.05, 0.1) is 16.7 Å². The van der Waals surface area contributed by atoms with Crippen molar-refractivity contribution in [3.05, 3.63) is 40.0 Å². The monoisotopic (exact) mass is 439 g/mol. The van der Waals surface area contributed by atoms with Crippen molar-refractivity contribution in [1.29, 1.82) is 0 Å². The second kappa shape index (κ2) is 10.5. The molecular weight excluding hydrogens is 406 g/mol. The van der Waals surface area contributed by atoms with Gasteiger partial charge in [-0.3, -0.25) is 4.79 Å². The molecule has 0 saturated heterocycles. The number of hydrogen-bond donors (Lipinski definition) is 3. The van der Waals surface area contributed by atoms with Crippen LogP contribution in [0.2, 0.25) is 0 Å². The maximum atomic E-state index is 12.6. The van der Waals surface area contributed by atoms with Crippen LogP contribution in [-0.4, -0.2) is 28.0 Å². The number of hydrogen-bond acceptors (Lipinski definition) is 5. The first kappa shape index (κ1) is 22.9. The predicted molar refractivity (Wildman–Crippen MR) is 135 cm³/mol. The summed E-state index contributed by atoms with van der Waals surface area (Å²) in [5.74, 6) is 0.511. The Morgan fingerprint density at radius 2 is 1.87 bits per heavy atom. The van der Waals surface area contributed by atoms with Crippen molar-refractivity contribution in [2.45, 2.75) is 53.4 Å². The van der Waals surface area contributed by atoms with E-state index in [0.29, 0.717) is 17.1 Å². The van der Waals surface area contributed by atoms with Gasteiger partial charge in [-0.2, -0.15) is 0 Å². The molecule has 3 heterocycles. The number of nitrogens with two attached hydrogens (primary N) is 1. The largest absolute Gasteiger partial charge is 0.397 e. The van der Waals surface area contributed by atoms with Crippen LogP contribution in [0.5, 0.6) is 0 Å². The van der Waals surface area contributed by atoms with Gasteiger partial charge in [0, 0.05) is 24.2 Å². The van der Waals surface area contributed by atoms with Gasteiger partial charge in [0.25, 0.3) is 5.56 Å². The summed E-state index contributed by atoms with van der Waals surface area (Å²) in [6, 6.07) is 8.18. The molecule has 6 nitrogen and oxygen atoms in total. The minimum absolute atomic E-state index is 0.219. The van der Waals surface area contributed by atoms with Crippen LogP contribution >= 0.6 is 11.3 Å². The fourth-order valence-electron chi connectivity index (χ4n) is 3.78. The zero-order chi connectivity index (χ0) is 22.4. The van der Waals surface area contributed by atoms with Crippen LogP contribution in [0.4, 0.5) is 11.4 Å². The smallest absolute Gasteiger partial charge is 0.262 e. The van der Waals surface area contributed by atoms with Gasteiger partial charge in [0.15, 0.2) is 0 Å². The maximum Gasteiger partial charge on any atom is 0.262 e. The van der Waals surface area contributed by atoms with E-state index in [1.165, 1.54) is 36.3 Å². The van der Waals surface area contributed by atoms with Crippen LogP contribution in [0, 0.1) is 0 Å². The van der Waals surface area contributed by atoms with E-state index in [4.69, 9.17) is 5.73 Å². The summed E-state index contributed by atoms with van der Waals surface area (Å²) in [6.07, 6.45) is 4.75. The molecule has 3 aromatic heterocycles. The highest BCUT2D eigenvalue weighted by molar-refractivity contribution is 7.16.